The molecule has 1 N–H and O–H groups in total. The van der Waals surface area contributed by atoms with Crippen molar-refractivity contribution >= 4 is 5.78 Å². The first-order valence-electron chi connectivity index (χ1n) is 11.2. The van der Waals surface area contributed by atoms with Crippen molar-refractivity contribution in [3.05, 3.63) is 23.8 Å². The summed E-state index contributed by atoms with van der Waals surface area (Å²) in [6.07, 6.45) is 16.2. The first kappa shape index (κ1) is 23.5. The van der Waals surface area contributed by atoms with Crippen molar-refractivity contribution in [3.63, 3.8) is 0 Å². The van der Waals surface area contributed by atoms with Crippen molar-refractivity contribution in [1.82, 2.24) is 0 Å². The Labute approximate surface area is 166 Å². The van der Waals surface area contributed by atoms with Gasteiger partial charge in [0.25, 0.3) is 0 Å². The number of Topliss-reactive ketones (excluding diaryl/α,β-unsaturated/α-hetero) is 1. The van der Waals surface area contributed by atoms with Gasteiger partial charge in [0.05, 0.1) is 12.2 Å². The number of phenols is 1. The third-order valence-corrected chi connectivity index (χ3v) is 5.04. The molecule has 0 saturated carbocycles. The van der Waals surface area contributed by atoms with Gasteiger partial charge in [-0.05, 0) is 25.0 Å². The highest BCUT2D eigenvalue weighted by molar-refractivity contribution is 5.98. The highest BCUT2D eigenvalue weighted by atomic mass is 16.5. The lowest BCUT2D eigenvalue weighted by Crippen LogP contribution is -2.01. The van der Waals surface area contributed by atoms with E-state index in [1.54, 1.807) is 18.2 Å². The van der Waals surface area contributed by atoms with E-state index >= 15 is 0 Å². The van der Waals surface area contributed by atoms with Gasteiger partial charge in [-0.25, -0.2) is 0 Å². The first-order chi connectivity index (χ1) is 13.2. The van der Waals surface area contributed by atoms with Gasteiger partial charge in [0, 0.05) is 12.5 Å². The van der Waals surface area contributed by atoms with Crippen LogP contribution in [-0.4, -0.2) is 17.5 Å². The molecule has 0 aromatic heterocycles. The molecule has 0 aliphatic heterocycles. The average Bonchev–Trinajstić information content (AvgIpc) is 2.66. The zero-order chi connectivity index (χ0) is 19.7. The molecule has 0 saturated heterocycles. The highest BCUT2D eigenvalue weighted by Gasteiger charge is 2.12. The van der Waals surface area contributed by atoms with E-state index < -0.39 is 0 Å². The zero-order valence-corrected chi connectivity index (χ0v) is 17.6. The van der Waals surface area contributed by atoms with Crippen LogP contribution in [0.3, 0.4) is 0 Å². The molecule has 0 fully saturated rings. The number of unbranched alkanes of at least 4 members (excludes halogenated alkanes) is 11. The Morgan fingerprint density at radius 3 is 1.96 bits per heavy atom. The molecule has 0 atom stereocenters. The molecule has 0 heterocycles. The number of carbonyl (C=O) groups is 1. The van der Waals surface area contributed by atoms with E-state index in [1.165, 1.54) is 64.2 Å². The highest BCUT2D eigenvalue weighted by Crippen LogP contribution is 2.25. The van der Waals surface area contributed by atoms with Gasteiger partial charge in [-0.3, -0.25) is 4.79 Å². The molecule has 3 nitrogen and oxygen atoms in total. The molecule has 0 bridgehead atoms. The third-order valence-electron chi connectivity index (χ3n) is 5.04. The van der Waals surface area contributed by atoms with Gasteiger partial charge in [0.15, 0.2) is 5.78 Å². The maximum Gasteiger partial charge on any atom is 0.166 e. The summed E-state index contributed by atoms with van der Waals surface area (Å²) in [6.45, 7) is 5.10. The molecule has 1 rings (SSSR count). The predicted octanol–water partition coefficient (Wildman–Crippen LogP) is 7.45. The van der Waals surface area contributed by atoms with Crippen molar-refractivity contribution in [2.24, 2.45) is 0 Å². The number of ether oxygens (including phenoxy) is 1. The standard InChI is InChI=1S/C24H40O3/c1-3-5-7-9-11-12-14-16-23(25)22-18-17-21(20-24(22)26)27-19-15-13-10-8-6-4-2/h17-18,20,26H,3-16,19H2,1-2H3. The van der Waals surface area contributed by atoms with Gasteiger partial charge >= 0.3 is 0 Å². The lowest BCUT2D eigenvalue weighted by Gasteiger charge is -2.09. The van der Waals surface area contributed by atoms with Crippen LogP contribution in [0.4, 0.5) is 0 Å². The Morgan fingerprint density at radius 2 is 1.37 bits per heavy atom. The van der Waals surface area contributed by atoms with E-state index in [4.69, 9.17) is 4.74 Å². The van der Waals surface area contributed by atoms with E-state index in [0.717, 1.165) is 19.3 Å². The number of aromatic hydroxyl groups is 1. The molecule has 0 radical (unpaired) electrons. The molecule has 1 aromatic carbocycles. The largest absolute Gasteiger partial charge is 0.507 e. The number of carbonyl (C=O) groups excluding carboxylic acids is 1. The van der Waals surface area contributed by atoms with Gasteiger partial charge in [-0.1, -0.05) is 84.5 Å². The number of hydrogen-bond donors (Lipinski definition) is 1. The van der Waals surface area contributed by atoms with Crippen molar-refractivity contribution in [3.8, 4) is 11.5 Å². The quantitative estimate of drug-likeness (QED) is 0.227. The van der Waals surface area contributed by atoms with Crippen LogP contribution in [0.2, 0.25) is 0 Å². The molecule has 0 amide bonds. The SMILES string of the molecule is CCCCCCCCCC(=O)c1ccc(OCCCCCCCC)cc1O. The number of hydrogen-bond acceptors (Lipinski definition) is 3. The predicted molar refractivity (Wildman–Crippen MR) is 114 cm³/mol. The van der Waals surface area contributed by atoms with Gasteiger partial charge in [0.2, 0.25) is 0 Å². The topological polar surface area (TPSA) is 46.5 Å². The smallest absolute Gasteiger partial charge is 0.166 e. The molecule has 0 aliphatic carbocycles. The zero-order valence-electron chi connectivity index (χ0n) is 17.6. The van der Waals surface area contributed by atoms with Crippen LogP contribution in [0.15, 0.2) is 18.2 Å². The summed E-state index contributed by atoms with van der Waals surface area (Å²) in [5, 5.41) is 10.2. The van der Waals surface area contributed by atoms with Gasteiger partial charge < -0.3 is 9.84 Å². The van der Waals surface area contributed by atoms with Gasteiger partial charge in [-0.2, -0.15) is 0 Å². The van der Waals surface area contributed by atoms with Crippen LogP contribution >= 0.6 is 0 Å². The van der Waals surface area contributed by atoms with Crippen LogP contribution in [0.25, 0.3) is 0 Å². The number of rotatable bonds is 17. The third kappa shape index (κ3) is 11.0. The second-order valence-electron chi connectivity index (χ2n) is 7.59. The summed E-state index contributed by atoms with van der Waals surface area (Å²) in [5.74, 6) is 0.723. The normalized spacial score (nSPS) is 10.9. The van der Waals surface area contributed by atoms with E-state index in [0.29, 0.717) is 24.3 Å². The Bertz CT molecular complexity index is 510. The van der Waals surface area contributed by atoms with E-state index in [-0.39, 0.29) is 11.5 Å². The van der Waals surface area contributed by atoms with E-state index in [2.05, 4.69) is 13.8 Å². The summed E-state index contributed by atoms with van der Waals surface area (Å²) in [7, 11) is 0. The fourth-order valence-electron chi connectivity index (χ4n) is 3.29. The Balaban J connectivity index is 2.23. The van der Waals surface area contributed by atoms with Crippen LogP contribution in [-0.2, 0) is 0 Å². The van der Waals surface area contributed by atoms with Crippen molar-refractivity contribution in [2.45, 2.75) is 104 Å². The second-order valence-corrected chi connectivity index (χ2v) is 7.59. The molecule has 0 unspecified atom stereocenters. The van der Waals surface area contributed by atoms with Crippen molar-refractivity contribution in [1.29, 1.82) is 0 Å². The molecular weight excluding hydrogens is 336 g/mol. The molecule has 0 aliphatic rings. The summed E-state index contributed by atoms with van der Waals surface area (Å²) >= 11 is 0. The van der Waals surface area contributed by atoms with E-state index in [9.17, 15) is 9.90 Å². The van der Waals surface area contributed by atoms with E-state index in [1.807, 2.05) is 0 Å². The fourth-order valence-corrected chi connectivity index (χ4v) is 3.29. The number of phenolic OH excluding ortho intramolecular Hbond substituents is 1. The molecule has 3 heteroatoms. The Hall–Kier alpha value is -1.51. The molecule has 154 valence electrons. The maximum atomic E-state index is 12.3. The molecule has 1 aromatic rings. The van der Waals surface area contributed by atoms with Crippen LogP contribution in [0.5, 0.6) is 11.5 Å². The minimum absolute atomic E-state index is 0.0310. The van der Waals surface area contributed by atoms with Crippen molar-refractivity contribution < 1.29 is 14.6 Å². The minimum atomic E-state index is 0.0310. The average molecular weight is 377 g/mol. The number of ketones is 1. The lowest BCUT2D eigenvalue weighted by molar-refractivity contribution is 0.0976. The Morgan fingerprint density at radius 1 is 0.815 bits per heavy atom. The second kappa shape index (κ2) is 15.5. The maximum absolute atomic E-state index is 12.3. The molecule has 27 heavy (non-hydrogen) atoms. The van der Waals surface area contributed by atoms with Crippen LogP contribution in [0, 0.1) is 0 Å². The summed E-state index contributed by atoms with van der Waals surface area (Å²) in [5.41, 5.74) is 0.424. The summed E-state index contributed by atoms with van der Waals surface area (Å²) in [4.78, 5) is 12.3. The lowest BCUT2D eigenvalue weighted by atomic mass is 10.0. The summed E-state index contributed by atoms with van der Waals surface area (Å²) in [6, 6.07) is 5.08. The minimum Gasteiger partial charge on any atom is -0.507 e. The molecule has 0 spiro atoms. The number of benzene rings is 1. The summed E-state index contributed by atoms with van der Waals surface area (Å²) < 4.78 is 5.70. The van der Waals surface area contributed by atoms with Gasteiger partial charge in [0.1, 0.15) is 11.5 Å². The first-order valence-corrected chi connectivity index (χ1v) is 11.2. The van der Waals surface area contributed by atoms with Crippen LogP contribution < -0.4 is 4.74 Å². The molecular formula is C24H40O3. The fraction of sp³-hybridized carbons (Fsp3) is 0.708. The Kier molecular flexibility index (Phi) is 13.5. The van der Waals surface area contributed by atoms with Gasteiger partial charge in [-0.15, -0.1) is 0 Å². The van der Waals surface area contributed by atoms with Crippen molar-refractivity contribution in [2.75, 3.05) is 6.61 Å². The van der Waals surface area contributed by atoms with Crippen LogP contribution in [0.1, 0.15) is 114 Å². The monoisotopic (exact) mass is 376 g/mol.